The average Bonchev–Trinajstić information content (AvgIpc) is 3.21. The van der Waals surface area contributed by atoms with E-state index in [1.807, 2.05) is 32.9 Å². The molecule has 7 heteroatoms. The Morgan fingerprint density at radius 2 is 2.08 bits per heavy atom. The molecule has 1 fully saturated rings. The molecule has 0 aromatic carbocycles. The Kier molecular flexibility index (Phi) is 5.51. The molecule has 0 amide bonds. The number of nitrogens with zero attached hydrogens (tertiary/aromatic N) is 3. The van der Waals surface area contributed by atoms with E-state index < -0.39 is 5.60 Å². The van der Waals surface area contributed by atoms with E-state index in [4.69, 9.17) is 9.15 Å². The monoisotopic (exact) mass is 363 g/mol. The number of hydrogen-bond acceptors (Lipinski definition) is 6. The average molecular weight is 363 g/mol. The molecule has 2 heterocycles. The van der Waals surface area contributed by atoms with E-state index in [-0.39, 0.29) is 11.7 Å². The van der Waals surface area contributed by atoms with Crippen LogP contribution in [-0.4, -0.2) is 32.1 Å². The smallest absolute Gasteiger partial charge is 0.316 e. The van der Waals surface area contributed by atoms with Gasteiger partial charge in [0.05, 0.1) is 12.0 Å². The van der Waals surface area contributed by atoms with Crippen LogP contribution in [0.15, 0.2) is 28.0 Å². The summed E-state index contributed by atoms with van der Waals surface area (Å²) in [5.74, 6) is 1.43. The highest BCUT2D eigenvalue weighted by Gasteiger charge is 2.26. The van der Waals surface area contributed by atoms with Crippen molar-refractivity contribution in [2.45, 2.75) is 69.7 Å². The first-order chi connectivity index (χ1) is 11.9. The van der Waals surface area contributed by atoms with Crippen LogP contribution in [0.2, 0.25) is 0 Å². The van der Waals surface area contributed by atoms with Gasteiger partial charge in [-0.05, 0) is 45.7 Å². The predicted octanol–water partition coefficient (Wildman–Crippen LogP) is 4.48. The van der Waals surface area contributed by atoms with Crippen LogP contribution >= 0.6 is 11.8 Å². The van der Waals surface area contributed by atoms with Gasteiger partial charge in [-0.2, -0.15) is 0 Å². The molecule has 1 saturated carbocycles. The zero-order valence-corrected chi connectivity index (χ0v) is 15.8. The molecule has 3 rings (SSSR count). The summed E-state index contributed by atoms with van der Waals surface area (Å²) in [6.45, 7) is 5.61. The number of carbonyl (C=O) groups excluding carboxylic acids is 1. The number of hydrogen-bond donors (Lipinski definition) is 0. The Balaban J connectivity index is 1.80. The van der Waals surface area contributed by atoms with Crippen LogP contribution in [0.5, 0.6) is 0 Å². The lowest BCUT2D eigenvalue weighted by Crippen LogP contribution is -2.25. The molecule has 0 atom stereocenters. The minimum Gasteiger partial charge on any atom is -0.461 e. The lowest BCUT2D eigenvalue weighted by atomic mass is 9.95. The summed E-state index contributed by atoms with van der Waals surface area (Å²) in [6, 6.07) is 4.10. The molecule has 25 heavy (non-hydrogen) atoms. The van der Waals surface area contributed by atoms with Gasteiger partial charge in [0.25, 0.3) is 0 Å². The molecule has 0 unspecified atom stereocenters. The largest absolute Gasteiger partial charge is 0.461 e. The van der Waals surface area contributed by atoms with Crippen LogP contribution in [0.4, 0.5) is 0 Å². The first-order valence-corrected chi connectivity index (χ1v) is 9.76. The van der Waals surface area contributed by atoms with E-state index in [0.717, 1.165) is 23.8 Å². The number of carbonyl (C=O) groups is 1. The van der Waals surface area contributed by atoms with Gasteiger partial charge in [-0.15, -0.1) is 10.2 Å². The molecular formula is C18H25N3O3S. The third-order valence-electron chi connectivity index (χ3n) is 4.09. The lowest BCUT2D eigenvalue weighted by molar-refractivity contribution is -0.151. The van der Waals surface area contributed by atoms with E-state index in [1.165, 1.54) is 31.0 Å². The molecule has 0 bridgehead atoms. The lowest BCUT2D eigenvalue weighted by Gasteiger charge is -2.25. The predicted molar refractivity (Wildman–Crippen MR) is 96.4 cm³/mol. The zero-order valence-electron chi connectivity index (χ0n) is 15.0. The van der Waals surface area contributed by atoms with Crippen molar-refractivity contribution in [3.8, 4) is 11.6 Å². The quantitative estimate of drug-likeness (QED) is 0.576. The van der Waals surface area contributed by atoms with Gasteiger partial charge in [-0.3, -0.25) is 9.36 Å². The number of thioether (sulfide) groups is 1. The molecule has 0 radical (unpaired) electrons. The van der Waals surface area contributed by atoms with Crippen molar-refractivity contribution in [2.24, 2.45) is 0 Å². The van der Waals surface area contributed by atoms with Crippen LogP contribution < -0.4 is 0 Å². The summed E-state index contributed by atoms with van der Waals surface area (Å²) in [5, 5.41) is 9.41. The molecule has 1 aliphatic rings. The summed E-state index contributed by atoms with van der Waals surface area (Å²) in [4.78, 5) is 12.0. The molecule has 0 aliphatic heterocycles. The third-order valence-corrected chi connectivity index (χ3v) is 5.00. The standard InChI is InChI=1S/C18H25N3O3S/c1-18(2,3)24-15(22)12-25-17-20-19-16(14-10-7-11-23-14)21(17)13-8-5-4-6-9-13/h7,10-11,13H,4-6,8-9,12H2,1-3H3. The molecule has 6 nitrogen and oxygen atoms in total. The minimum atomic E-state index is -0.478. The van der Waals surface area contributed by atoms with E-state index >= 15 is 0 Å². The van der Waals surface area contributed by atoms with Crippen LogP contribution in [-0.2, 0) is 9.53 Å². The van der Waals surface area contributed by atoms with E-state index in [1.54, 1.807) is 6.26 Å². The van der Waals surface area contributed by atoms with Crippen molar-refractivity contribution in [1.82, 2.24) is 14.8 Å². The van der Waals surface area contributed by atoms with Crippen LogP contribution in [0.25, 0.3) is 11.6 Å². The van der Waals surface area contributed by atoms with Gasteiger partial charge in [0.15, 0.2) is 10.9 Å². The van der Waals surface area contributed by atoms with E-state index in [0.29, 0.717) is 11.8 Å². The first-order valence-electron chi connectivity index (χ1n) is 8.77. The summed E-state index contributed by atoms with van der Waals surface area (Å²) >= 11 is 1.38. The summed E-state index contributed by atoms with van der Waals surface area (Å²) in [5.41, 5.74) is -0.478. The normalized spacial score (nSPS) is 16.1. The minimum absolute atomic E-state index is 0.222. The molecule has 2 aromatic rings. The number of esters is 1. The second-order valence-electron chi connectivity index (χ2n) is 7.32. The summed E-state index contributed by atoms with van der Waals surface area (Å²) in [6.07, 6.45) is 7.53. The Morgan fingerprint density at radius 3 is 2.72 bits per heavy atom. The van der Waals surface area contributed by atoms with Gasteiger partial charge in [0, 0.05) is 6.04 Å². The van der Waals surface area contributed by atoms with Crippen LogP contribution in [0.3, 0.4) is 0 Å². The van der Waals surface area contributed by atoms with Crippen molar-refractivity contribution < 1.29 is 13.9 Å². The Morgan fingerprint density at radius 1 is 1.32 bits per heavy atom. The van der Waals surface area contributed by atoms with Gasteiger partial charge in [0.1, 0.15) is 5.60 Å². The van der Waals surface area contributed by atoms with Crippen molar-refractivity contribution in [3.05, 3.63) is 18.4 Å². The molecule has 1 aliphatic carbocycles. The molecule has 0 spiro atoms. The second-order valence-corrected chi connectivity index (χ2v) is 8.26. The first kappa shape index (κ1) is 18.0. The fourth-order valence-electron chi connectivity index (χ4n) is 3.11. The summed E-state index contributed by atoms with van der Waals surface area (Å²) in [7, 11) is 0. The van der Waals surface area contributed by atoms with Crippen molar-refractivity contribution in [3.63, 3.8) is 0 Å². The molecule has 0 N–H and O–H groups in total. The zero-order chi connectivity index (χ0) is 17.9. The van der Waals surface area contributed by atoms with Crippen molar-refractivity contribution >= 4 is 17.7 Å². The van der Waals surface area contributed by atoms with E-state index in [2.05, 4.69) is 14.8 Å². The maximum Gasteiger partial charge on any atom is 0.316 e. The molecule has 136 valence electrons. The maximum absolute atomic E-state index is 12.0. The highest BCUT2D eigenvalue weighted by Crippen LogP contribution is 2.35. The van der Waals surface area contributed by atoms with Gasteiger partial charge in [-0.25, -0.2) is 0 Å². The Bertz CT molecular complexity index is 698. The van der Waals surface area contributed by atoms with Gasteiger partial charge in [0.2, 0.25) is 5.82 Å². The van der Waals surface area contributed by atoms with E-state index in [9.17, 15) is 4.79 Å². The SMILES string of the molecule is CC(C)(C)OC(=O)CSc1nnc(-c2ccco2)n1C1CCCCC1. The van der Waals surface area contributed by atoms with Crippen LogP contribution in [0, 0.1) is 0 Å². The van der Waals surface area contributed by atoms with Crippen LogP contribution in [0.1, 0.15) is 58.9 Å². The van der Waals surface area contributed by atoms with Crippen molar-refractivity contribution in [1.29, 1.82) is 0 Å². The highest BCUT2D eigenvalue weighted by molar-refractivity contribution is 7.99. The fourth-order valence-corrected chi connectivity index (χ4v) is 3.89. The number of ether oxygens (including phenoxy) is 1. The number of furan rings is 1. The topological polar surface area (TPSA) is 70.2 Å². The van der Waals surface area contributed by atoms with Gasteiger partial charge >= 0.3 is 5.97 Å². The number of aromatic nitrogens is 3. The van der Waals surface area contributed by atoms with Gasteiger partial charge < -0.3 is 9.15 Å². The number of rotatable bonds is 5. The van der Waals surface area contributed by atoms with Crippen molar-refractivity contribution in [2.75, 3.05) is 5.75 Å². The second kappa shape index (κ2) is 7.64. The molecule has 2 aromatic heterocycles. The maximum atomic E-state index is 12.0. The molecular weight excluding hydrogens is 338 g/mol. The summed E-state index contributed by atoms with van der Waals surface area (Å²) < 4.78 is 13.1. The third kappa shape index (κ3) is 4.66. The molecule has 0 saturated heterocycles. The van der Waals surface area contributed by atoms with Gasteiger partial charge in [-0.1, -0.05) is 31.0 Å². The Hall–Kier alpha value is -1.76. The highest BCUT2D eigenvalue weighted by atomic mass is 32.2. The fraction of sp³-hybridized carbons (Fsp3) is 0.611. The Labute approximate surface area is 152 Å².